The first kappa shape index (κ1) is 15.6. The zero-order chi connectivity index (χ0) is 16.6. The van der Waals surface area contributed by atoms with Crippen LogP contribution >= 0.6 is 23.2 Å². The van der Waals surface area contributed by atoms with Gasteiger partial charge in [-0.25, -0.2) is 0 Å². The summed E-state index contributed by atoms with van der Waals surface area (Å²) in [4.78, 5) is 24.2. The number of anilines is 1. The molecule has 3 rings (SSSR count). The Morgan fingerprint density at radius 2 is 1.61 bits per heavy atom. The van der Waals surface area contributed by atoms with Crippen LogP contribution in [0.15, 0.2) is 30.3 Å². The smallest absolute Gasteiger partial charge is 0.255 e. The molecule has 0 saturated carbocycles. The summed E-state index contributed by atoms with van der Waals surface area (Å²) >= 11 is 11.8. The summed E-state index contributed by atoms with van der Waals surface area (Å²) in [6, 6.07) is 7.61. The van der Waals surface area contributed by atoms with Crippen molar-refractivity contribution < 1.29 is 19.1 Å². The van der Waals surface area contributed by atoms with Crippen molar-refractivity contribution >= 4 is 40.6 Å². The summed E-state index contributed by atoms with van der Waals surface area (Å²) in [7, 11) is 0. The van der Waals surface area contributed by atoms with E-state index in [1.165, 1.54) is 25.1 Å². The monoisotopic (exact) mass is 351 g/mol. The van der Waals surface area contributed by atoms with Crippen molar-refractivity contribution in [3.63, 3.8) is 0 Å². The van der Waals surface area contributed by atoms with E-state index in [0.29, 0.717) is 32.8 Å². The van der Waals surface area contributed by atoms with E-state index in [2.05, 4.69) is 5.32 Å². The van der Waals surface area contributed by atoms with E-state index in [9.17, 15) is 9.59 Å². The number of amides is 1. The Balaban J connectivity index is 1.95. The van der Waals surface area contributed by atoms with Crippen molar-refractivity contribution in [2.24, 2.45) is 0 Å². The Hall–Kier alpha value is -2.24. The molecule has 0 aliphatic carbocycles. The van der Waals surface area contributed by atoms with E-state index in [4.69, 9.17) is 32.7 Å². The largest absolute Gasteiger partial charge is 0.454 e. The topological polar surface area (TPSA) is 64.6 Å². The first-order chi connectivity index (χ1) is 10.9. The Morgan fingerprint density at radius 3 is 2.22 bits per heavy atom. The van der Waals surface area contributed by atoms with E-state index in [1.54, 1.807) is 12.1 Å². The molecule has 2 aromatic carbocycles. The number of rotatable bonds is 3. The molecule has 0 saturated heterocycles. The minimum Gasteiger partial charge on any atom is -0.454 e. The molecular formula is C16H11Cl2NO4. The van der Waals surface area contributed by atoms with Crippen LogP contribution in [-0.4, -0.2) is 18.5 Å². The number of benzene rings is 2. The second kappa shape index (κ2) is 6.10. The Bertz CT molecular complexity index is 800. The van der Waals surface area contributed by atoms with Gasteiger partial charge in [0.1, 0.15) is 0 Å². The van der Waals surface area contributed by atoms with Gasteiger partial charge in [0.05, 0.1) is 5.69 Å². The zero-order valence-electron chi connectivity index (χ0n) is 12.0. The van der Waals surface area contributed by atoms with Gasteiger partial charge in [-0.05, 0) is 31.2 Å². The first-order valence-corrected chi connectivity index (χ1v) is 7.41. The molecule has 0 radical (unpaired) electrons. The highest BCUT2D eigenvalue weighted by Crippen LogP contribution is 2.37. The van der Waals surface area contributed by atoms with Gasteiger partial charge < -0.3 is 14.8 Å². The molecular weight excluding hydrogens is 341 g/mol. The molecule has 118 valence electrons. The van der Waals surface area contributed by atoms with Gasteiger partial charge in [-0.3, -0.25) is 9.59 Å². The quantitative estimate of drug-likeness (QED) is 0.842. The fraction of sp³-hybridized carbons (Fsp3) is 0.125. The van der Waals surface area contributed by atoms with Crippen LogP contribution in [0.3, 0.4) is 0 Å². The molecule has 1 heterocycles. The van der Waals surface area contributed by atoms with E-state index in [-0.39, 0.29) is 18.1 Å². The summed E-state index contributed by atoms with van der Waals surface area (Å²) in [5, 5.41) is 3.37. The summed E-state index contributed by atoms with van der Waals surface area (Å²) in [5.41, 5.74) is 0.952. The van der Waals surface area contributed by atoms with E-state index in [1.807, 2.05) is 0 Å². The summed E-state index contributed by atoms with van der Waals surface area (Å²) in [6.07, 6.45) is 0. The van der Waals surface area contributed by atoms with Gasteiger partial charge in [-0.15, -0.1) is 0 Å². The normalized spacial score (nSPS) is 12.1. The molecule has 1 N–H and O–H groups in total. The van der Waals surface area contributed by atoms with Crippen molar-refractivity contribution in [1.82, 2.24) is 0 Å². The molecule has 1 amide bonds. The predicted molar refractivity (Wildman–Crippen MR) is 87.0 cm³/mol. The maximum absolute atomic E-state index is 12.4. The van der Waals surface area contributed by atoms with Crippen LogP contribution in [0, 0.1) is 0 Å². The molecule has 0 fully saturated rings. The molecule has 0 atom stereocenters. The number of hydrogen-bond acceptors (Lipinski definition) is 4. The number of halogens is 2. The fourth-order valence-electron chi connectivity index (χ4n) is 2.22. The van der Waals surface area contributed by atoms with Crippen LogP contribution in [0.5, 0.6) is 11.5 Å². The van der Waals surface area contributed by atoms with Gasteiger partial charge in [0, 0.05) is 27.2 Å². The summed E-state index contributed by atoms with van der Waals surface area (Å²) in [5.74, 6) is 0.298. The fourth-order valence-corrected chi connectivity index (χ4v) is 2.74. The minimum absolute atomic E-state index is 0.0774. The van der Waals surface area contributed by atoms with E-state index >= 15 is 0 Å². The molecule has 7 heteroatoms. The number of Topliss-reactive ketones (excluding diaryl/α,β-unsaturated/α-hetero) is 1. The second-order valence-corrected chi connectivity index (χ2v) is 5.79. The Kier molecular flexibility index (Phi) is 4.15. The molecule has 23 heavy (non-hydrogen) atoms. The third kappa shape index (κ3) is 3.25. The van der Waals surface area contributed by atoms with Gasteiger partial charge in [-0.2, -0.15) is 0 Å². The third-order valence-corrected chi connectivity index (χ3v) is 3.70. The number of fused-ring (bicyclic) bond motifs is 1. The van der Waals surface area contributed by atoms with Crippen LogP contribution in [0.2, 0.25) is 10.0 Å². The van der Waals surface area contributed by atoms with Crippen molar-refractivity contribution in [2.45, 2.75) is 6.92 Å². The lowest BCUT2D eigenvalue weighted by atomic mass is 10.1. The number of nitrogens with one attached hydrogen (secondary N) is 1. The van der Waals surface area contributed by atoms with E-state index in [0.717, 1.165) is 0 Å². The number of hydrogen-bond donors (Lipinski definition) is 1. The molecule has 1 aliphatic heterocycles. The highest BCUT2D eigenvalue weighted by Gasteiger charge is 2.21. The summed E-state index contributed by atoms with van der Waals surface area (Å²) < 4.78 is 10.5. The van der Waals surface area contributed by atoms with Crippen molar-refractivity contribution in [1.29, 1.82) is 0 Å². The van der Waals surface area contributed by atoms with Gasteiger partial charge in [-0.1, -0.05) is 23.2 Å². The van der Waals surface area contributed by atoms with Crippen LogP contribution in [-0.2, 0) is 0 Å². The lowest BCUT2D eigenvalue weighted by Crippen LogP contribution is -2.14. The van der Waals surface area contributed by atoms with Crippen molar-refractivity contribution in [2.75, 3.05) is 12.1 Å². The molecule has 0 aromatic heterocycles. The standard InChI is InChI=1S/C16H11Cl2NO4/c1-8(20)12-5-14-15(23-7-22-14)6-13(12)19-16(21)9-2-10(17)4-11(18)3-9/h2-6H,7H2,1H3,(H,19,21). The average molecular weight is 352 g/mol. The van der Waals surface area contributed by atoms with Crippen LogP contribution in [0.4, 0.5) is 5.69 Å². The summed E-state index contributed by atoms with van der Waals surface area (Å²) in [6.45, 7) is 1.48. The lowest BCUT2D eigenvalue weighted by Gasteiger charge is -2.11. The maximum atomic E-state index is 12.4. The number of ether oxygens (including phenoxy) is 2. The molecule has 1 aliphatic rings. The predicted octanol–water partition coefficient (Wildman–Crippen LogP) is 4.18. The van der Waals surface area contributed by atoms with Gasteiger partial charge >= 0.3 is 0 Å². The van der Waals surface area contributed by atoms with Gasteiger partial charge in [0.2, 0.25) is 6.79 Å². The highest BCUT2D eigenvalue weighted by atomic mass is 35.5. The van der Waals surface area contributed by atoms with E-state index < -0.39 is 5.91 Å². The Morgan fingerprint density at radius 1 is 1.00 bits per heavy atom. The Labute approximate surface area is 142 Å². The molecule has 2 aromatic rings. The zero-order valence-corrected chi connectivity index (χ0v) is 13.5. The first-order valence-electron chi connectivity index (χ1n) is 6.66. The van der Waals surface area contributed by atoms with Crippen molar-refractivity contribution in [3.8, 4) is 11.5 Å². The second-order valence-electron chi connectivity index (χ2n) is 4.92. The number of carbonyl (C=O) groups excluding carboxylic acids is 2. The average Bonchev–Trinajstić information content (AvgIpc) is 2.92. The van der Waals surface area contributed by atoms with Gasteiger partial charge in [0.15, 0.2) is 17.3 Å². The molecule has 0 spiro atoms. The highest BCUT2D eigenvalue weighted by molar-refractivity contribution is 6.35. The van der Waals surface area contributed by atoms with Crippen LogP contribution in [0.1, 0.15) is 27.6 Å². The lowest BCUT2D eigenvalue weighted by molar-refractivity contribution is 0.101. The number of ketones is 1. The van der Waals surface area contributed by atoms with Gasteiger partial charge in [0.25, 0.3) is 5.91 Å². The molecule has 5 nitrogen and oxygen atoms in total. The maximum Gasteiger partial charge on any atom is 0.255 e. The number of carbonyl (C=O) groups is 2. The van der Waals surface area contributed by atoms with Crippen LogP contribution in [0.25, 0.3) is 0 Å². The molecule has 0 bridgehead atoms. The van der Waals surface area contributed by atoms with Crippen LogP contribution < -0.4 is 14.8 Å². The third-order valence-electron chi connectivity index (χ3n) is 3.26. The SMILES string of the molecule is CC(=O)c1cc2c(cc1NC(=O)c1cc(Cl)cc(Cl)c1)OCO2. The minimum atomic E-state index is -0.434. The van der Waals surface area contributed by atoms with Crippen molar-refractivity contribution in [3.05, 3.63) is 51.5 Å². The molecule has 0 unspecified atom stereocenters.